The van der Waals surface area contributed by atoms with Gasteiger partial charge in [0.15, 0.2) is 0 Å². The zero-order chi connectivity index (χ0) is 19.9. The lowest BCUT2D eigenvalue weighted by Crippen LogP contribution is -2.36. The molecule has 1 aliphatic heterocycles. The molecular weight excluding hydrogens is 356 g/mol. The first-order valence-corrected chi connectivity index (χ1v) is 9.52. The summed E-state index contributed by atoms with van der Waals surface area (Å²) in [5.41, 5.74) is 2.52. The number of nitrogens with zero attached hydrogens (tertiary/aromatic N) is 2. The van der Waals surface area contributed by atoms with Gasteiger partial charge in [-0.25, -0.2) is 4.79 Å². The Kier molecular flexibility index (Phi) is 7.03. The molecule has 150 valence electrons. The molecule has 6 nitrogen and oxygen atoms in total. The van der Waals surface area contributed by atoms with Gasteiger partial charge in [0, 0.05) is 39.5 Å². The number of likely N-dealkylation sites (tertiary alicyclic amines) is 1. The minimum atomic E-state index is -0.909. The van der Waals surface area contributed by atoms with E-state index in [2.05, 4.69) is 41.1 Å². The Morgan fingerprint density at radius 2 is 1.93 bits per heavy atom. The summed E-state index contributed by atoms with van der Waals surface area (Å²) in [5, 5.41) is 9.14. The fraction of sp³-hybridized carbons (Fsp3) is 0.409. The normalized spacial score (nSPS) is 18.1. The third-order valence-corrected chi connectivity index (χ3v) is 5.26. The lowest BCUT2D eigenvalue weighted by atomic mass is 10.0. The number of aromatic carboxylic acids is 1. The molecule has 0 unspecified atom stereocenters. The predicted molar refractivity (Wildman–Crippen MR) is 109 cm³/mol. The topological polar surface area (TPSA) is 62.2 Å². The van der Waals surface area contributed by atoms with Gasteiger partial charge in [-0.3, -0.25) is 4.90 Å². The number of likely N-dealkylation sites (N-methyl/N-ethyl adjacent to an activating group) is 1. The van der Waals surface area contributed by atoms with Crippen LogP contribution in [0.4, 0.5) is 5.69 Å². The van der Waals surface area contributed by atoms with Crippen molar-refractivity contribution in [3.05, 3.63) is 65.7 Å². The molecule has 0 amide bonds. The molecule has 6 heteroatoms. The van der Waals surface area contributed by atoms with E-state index in [0.717, 1.165) is 31.7 Å². The molecule has 2 atom stereocenters. The van der Waals surface area contributed by atoms with E-state index in [-0.39, 0.29) is 12.1 Å². The fourth-order valence-electron chi connectivity index (χ4n) is 3.65. The molecule has 1 saturated heterocycles. The van der Waals surface area contributed by atoms with Crippen LogP contribution < -0.4 is 4.90 Å². The largest absolute Gasteiger partial charge is 0.478 e. The van der Waals surface area contributed by atoms with E-state index in [0.29, 0.717) is 12.4 Å². The average Bonchev–Trinajstić information content (AvgIpc) is 3.18. The summed E-state index contributed by atoms with van der Waals surface area (Å²) < 4.78 is 10.7. The standard InChI is InChI=1S/C22H28N2O4/c1-23(19-10-8-18(9-11-19)22(25)26)21(17-6-4-3-5-7-17)15-24-13-12-20(14-24)28-16-27-2/h3-11,20-21H,12-16H2,1-2H3,(H,25,26)/t20-,21-/m0/s1. The number of carboxylic acids is 1. The summed E-state index contributed by atoms with van der Waals surface area (Å²) in [5.74, 6) is -0.909. The van der Waals surface area contributed by atoms with Crippen molar-refractivity contribution in [3.63, 3.8) is 0 Å². The molecule has 1 heterocycles. The van der Waals surface area contributed by atoms with Gasteiger partial charge in [-0.1, -0.05) is 30.3 Å². The first-order chi connectivity index (χ1) is 13.6. The van der Waals surface area contributed by atoms with Crippen LogP contribution in [0.2, 0.25) is 0 Å². The number of hydrogen-bond donors (Lipinski definition) is 1. The molecule has 1 aliphatic rings. The van der Waals surface area contributed by atoms with Gasteiger partial charge in [-0.15, -0.1) is 0 Å². The number of anilines is 1. The van der Waals surface area contributed by atoms with Gasteiger partial charge in [0.05, 0.1) is 17.7 Å². The maximum atomic E-state index is 11.1. The second kappa shape index (κ2) is 9.68. The van der Waals surface area contributed by atoms with Crippen LogP contribution in [-0.2, 0) is 9.47 Å². The van der Waals surface area contributed by atoms with Crippen LogP contribution in [0.3, 0.4) is 0 Å². The zero-order valence-electron chi connectivity index (χ0n) is 16.5. The maximum absolute atomic E-state index is 11.1. The minimum Gasteiger partial charge on any atom is -0.478 e. The Labute approximate surface area is 166 Å². The number of carboxylic acid groups (broad SMARTS) is 1. The molecule has 0 aromatic heterocycles. The van der Waals surface area contributed by atoms with Crippen molar-refractivity contribution in [2.75, 3.05) is 45.5 Å². The van der Waals surface area contributed by atoms with Crippen molar-refractivity contribution >= 4 is 11.7 Å². The maximum Gasteiger partial charge on any atom is 0.335 e. The van der Waals surface area contributed by atoms with E-state index in [1.807, 2.05) is 18.2 Å². The number of methoxy groups -OCH3 is 1. The van der Waals surface area contributed by atoms with Crippen LogP contribution in [0, 0.1) is 0 Å². The van der Waals surface area contributed by atoms with Crippen molar-refractivity contribution in [2.24, 2.45) is 0 Å². The highest BCUT2D eigenvalue weighted by molar-refractivity contribution is 5.88. The second-order valence-corrected chi connectivity index (χ2v) is 7.13. The van der Waals surface area contributed by atoms with E-state index in [1.165, 1.54) is 5.56 Å². The summed E-state index contributed by atoms with van der Waals surface area (Å²) in [6.45, 7) is 3.08. The quantitative estimate of drug-likeness (QED) is 0.670. The molecule has 2 aromatic carbocycles. The third-order valence-electron chi connectivity index (χ3n) is 5.26. The van der Waals surface area contributed by atoms with Crippen LogP contribution in [0.1, 0.15) is 28.4 Å². The number of rotatable bonds is 9. The first-order valence-electron chi connectivity index (χ1n) is 9.52. The van der Waals surface area contributed by atoms with Gasteiger partial charge in [-0.2, -0.15) is 0 Å². The van der Waals surface area contributed by atoms with Crippen molar-refractivity contribution in [1.82, 2.24) is 4.90 Å². The number of benzene rings is 2. The number of hydrogen-bond acceptors (Lipinski definition) is 5. The molecule has 1 N–H and O–H groups in total. The van der Waals surface area contributed by atoms with Gasteiger partial charge in [0.2, 0.25) is 0 Å². The molecule has 3 rings (SSSR count). The van der Waals surface area contributed by atoms with E-state index in [1.54, 1.807) is 19.2 Å². The number of carbonyl (C=O) groups is 1. The average molecular weight is 384 g/mol. The van der Waals surface area contributed by atoms with Gasteiger partial charge < -0.3 is 19.5 Å². The van der Waals surface area contributed by atoms with Crippen molar-refractivity contribution < 1.29 is 19.4 Å². The zero-order valence-corrected chi connectivity index (χ0v) is 16.5. The highest BCUT2D eigenvalue weighted by Crippen LogP contribution is 2.28. The number of ether oxygens (including phenoxy) is 2. The van der Waals surface area contributed by atoms with Gasteiger partial charge in [0.1, 0.15) is 6.79 Å². The lowest BCUT2D eigenvalue weighted by molar-refractivity contribution is -0.0671. The van der Waals surface area contributed by atoms with Crippen molar-refractivity contribution in [3.8, 4) is 0 Å². The van der Waals surface area contributed by atoms with Crippen LogP contribution >= 0.6 is 0 Å². The van der Waals surface area contributed by atoms with Crippen LogP contribution in [0.15, 0.2) is 54.6 Å². The Balaban J connectivity index is 1.75. The van der Waals surface area contributed by atoms with E-state index < -0.39 is 5.97 Å². The van der Waals surface area contributed by atoms with E-state index in [9.17, 15) is 4.79 Å². The molecule has 0 radical (unpaired) electrons. The molecule has 0 saturated carbocycles. The fourth-order valence-corrected chi connectivity index (χ4v) is 3.65. The second-order valence-electron chi connectivity index (χ2n) is 7.13. The molecule has 1 fully saturated rings. The Bertz CT molecular complexity index is 751. The summed E-state index contributed by atoms with van der Waals surface area (Å²) in [7, 11) is 3.70. The Hall–Kier alpha value is -2.41. The monoisotopic (exact) mass is 384 g/mol. The SMILES string of the molecule is COCO[C@H]1CCN(C[C@@H](c2ccccc2)N(C)c2ccc(C(=O)O)cc2)C1. The predicted octanol–water partition coefficient (Wildman–Crippen LogP) is 3.26. The molecule has 2 aromatic rings. The van der Waals surface area contributed by atoms with Crippen molar-refractivity contribution in [1.29, 1.82) is 0 Å². The van der Waals surface area contributed by atoms with Gasteiger partial charge in [-0.05, 0) is 36.2 Å². The summed E-state index contributed by atoms with van der Waals surface area (Å²) >= 11 is 0. The highest BCUT2D eigenvalue weighted by atomic mass is 16.7. The van der Waals surface area contributed by atoms with Crippen LogP contribution in [0.25, 0.3) is 0 Å². The van der Waals surface area contributed by atoms with Gasteiger partial charge >= 0.3 is 5.97 Å². The van der Waals surface area contributed by atoms with Gasteiger partial charge in [0.25, 0.3) is 0 Å². The smallest absolute Gasteiger partial charge is 0.335 e. The molecule has 0 bridgehead atoms. The Morgan fingerprint density at radius 1 is 1.21 bits per heavy atom. The van der Waals surface area contributed by atoms with Crippen molar-refractivity contribution in [2.45, 2.75) is 18.6 Å². The minimum absolute atomic E-state index is 0.151. The molecule has 0 spiro atoms. The third kappa shape index (κ3) is 5.10. The molecule has 0 aliphatic carbocycles. The van der Waals surface area contributed by atoms with Crippen LogP contribution in [-0.4, -0.2) is 62.7 Å². The van der Waals surface area contributed by atoms with Crippen LogP contribution in [0.5, 0.6) is 0 Å². The summed E-state index contributed by atoms with van der Waals surface area (Å²) in [6.07, 6.45) is 1.21. The van der Waals surface area contributed by atoms with E-state index >= 15 is 0 Å². The lowest BCUT2D eigenvalue weighted by Gasteiger charge is -2.33. The summed E-state index contributed by atoms with van der Waals surface area (Å²) in [6, 6.07) is 17.6. The Morgan fingerprint density at radius 3 is 2.57 bits per heavy atom. The first kappa shape index (κ1) is 20.3. The molecular formula is C22H28N2O4. The highest BCUT2D eigenvalue weighted by Gasteiger charge is 2.27. The molecule has 28 heavy (non-hydrogen) atoms. The van der Waals surface area contributed by atoms with E-state index in [4.69, 9.17) is 14.6 Å². The summed E-state index contributed by atoms with van der Waals surface area (Å²) in [4.78, 5) is 15.8.